The summed E-state index contributed by atoms with van der Waals surface area (Å²) in [6.07, 6.45) is 2.01. The molecule has 2 N–H and O–H groups in total. The normalized spacial score (nSPS) is 23.3. The highest BCUT2D eigenvalue weighted by Gasteiger charge is 2.30. The molecule has 0 radical (unpaired) electrons. The first-order chi connectivity index (χ1) is 9.93. The predicted octanol–water partition coefficient (Wildman–Crippen LogP) is 2.86. The van der Waals surface area contributed by atoms with Crippen LogP contribution in [0.5, 0.6) is 0 Å². The number of halogens is 2. The van der Waals surface area contributed by atoms with Crippen LogP contribution >= 0.6 is 0 Å². The summed E-state index contributed by atoms with van der Waals surface area (Å²) in [5, 5.41) is 0. The molecule has 0 aliphatic carbocycles. The molecular formula is C16H24F2N2O. The SMILES string of the molecule is CCC(N)Cc1cc(F)c(N(C)C2CCOC2C)c(F)c1. The molecule has 118 valence electrons. The van der Waals surface area contributed by atoms with Crippen LogP contribution in [-0.4, -0.2) is 31.8 Å². The summed E-state index contributed by atoms with van der Waals surface area (Å²) >= 11 is 0. The van der Waals surface area contributed by atoms with Gasteiger partial charge in [0, 0.05) is 19.7 Å². The van der Waals surface area contributed by atoms with E-state index in [4.69, 9.17) is 10.5 Å². The Morgan fingerprint density at radius 3 is 2.48 bits per heavy atom. The molecule has 0 bridgehead atoms. The van der Waals surface area contributed by atoms with Crippen LogP contribution in [0.4, 0.5) is 14.5 Å². The molecule has 2 rings (SSSR count). The van der Waals surface area contributed by atoms with Gasteiger partial charge in [-0.2, -0.15) is 0 Å². The van der Waals surface area contributed by atoms with Crippen molar-refractivity contribution in [2.45, 2.75) is 51.3 Å². The minimum absolute atomic E-state index is 0.00208. The second-order valence-corrected chi connectivity index (χ2v) is 5.82. The molecule has 1 aromatic carbocycles. The number of nitrogens with zero attached hydrogens (tertiary/aromatic N) is 1. The fraction of sp³-hybridized carbons (Fsp3) is 0.625. The first kappa shape index (κ1) is 16.2. The van der Waals surface area contributed by atoms with E-state index in [1.807, 2.05) is 13.8 Å². The lowest BCUT2D eigenvalue weighted by Gasteiger charge is -2.29. The number of anilines is 1. The monoisotopic (exact) mass is 298 g/mol. The molecule has 5 heteroatoms. The van der Waals surface area contributed by atoms with Gasteiger partial charge in [-0.3, -0.25) is 0 Å². The highest BCUT2D eigenvalue weighted by atomic mass is 19.1. The first-order valence-electron chi connectivity index (χ1n) is 7.52. The molecule has 1 fully saturated rings. The summed E-state index contributed by atoms with van der Waals surface area (Å²) in [7, 11) is 1.72. The summed E-state index contributed by atoms with van der Waals surface area (Å²) in [6, 6.07) is 2.71. The van der Waals surface area contributed by atoms with Crippen molar-refractivity contribution in [3.05, 3.63) is 29.3 Å². The third kappa shape index (κ3) is 3.52. The summed E-state index contributed by atoms with van der Waals surface area (Å²) < 4.78 is 34.1. The molecule has 3 atom stereocenters. The van der Waals surface area contributed by atoms with Gasteiger partial charge in [-0.05, 0) is 43.9 Å². The molecule has 3 nitrogen and oxygen atoms in total. The van der Waals surface area contributed by atoms with E-state index >= 15 is 0 Å². The molecule has 1 saturated heterocycles. The van der Waals surface area contributed by atoms with Crippen molar-refractivity contribution in [3.8, 4) is 0 Å². The number of benzene rings is 1. The van der Waals surface area contributed by atoms with Crippen LogP contribution in [0.3, 0.4) is 0 Å². The third-order valence-corrected chi connectivity index (χ3v) is 4.29. The molecular weight excluding hydrogens is 274 g/mol. The van der Waals surface area contributed by atoms with Crippen LogP contribution in [0.25, 0.3) is 0 Å². The molecule has 0 amide bonds. The Kier molecular flexibility index (Phi) is 5.17. The van der Waals surface area contributed by atoms with Crippen molar-refractivity contribution >= 4 is 5.69 Å². The quantitative estimate of drug-likeness (QED) is 0.908. The van der Waals surface area contributed by atoms with E-state index in [1.165, 1.54) is 12.1 Å². The summed E-state index contributed by atoms with van der Waals surface area (Å²) in [4.78, 5) is 1.66. The molecule has 1 aromatic rings. The van der Waals surface area contributed by atoms with Gasteiger partial charge in [-0.15, -0.1) is 0 Å². The molecule has 0 spiro atoms. The Bertz CT molecular complexity index is 472. The van der Waals surface area contributed by atoms with E-state index in [2.05, 4.69) is 0 Å². The number of hydrogen-bond donors (Lipinski definition) is 1. The molecule has 0 saturated carbocycles. The first-order valence-corrected chi connectivity index (χ1v) is 7.52. The van der Waals surface area contributed by atoms with E-state index in [0.29, 0.717) is 18.6 Å². The van der Waals surface area contributed by atoms with Crippen LogP contribution in [0.2, 0.25) is 0 Å². The van der Waals surface area contributed by atoms with Crippen LogP contribution in [0, 0.1) is 11.6 Å². The fourth-order valence-electron chi connectivity index (χ4n) is 2.91. The molecule has 3 unspecified atom stereocenters. The van der Waals surface area contributed by atoms with Gasteiger partial charge >= 0.3 is 0 Å². The van der Waals surface area contributed by atoms with Gasteiger partial charge in [0.2, 0.25) is 0 Å². The summed E-state index contributed by atoms with van der Waals surface area (Å²) in [6.45, 7) is 4.52. The maximum atomic E-state index is 14.3. The standard InChI is InChI=1S/C16H24F2N2O/c1-4-12(19)7-11-8-13(17)16(14(18)9-11)20(3)15-5-6-21-10(15)2/h8-10,12,15H,4-7,19H2,1-3H3. The molecule has 21 heavy (non-hydrogen) atoms. The smallest absolute Gasteiger partial charge is 0.149 e. The average Bonchev–Trinajstić information content (AvgIpc) is 2.83. The minimum Gasteiger partial charge on any atom is -0.376 e. The van der Waals surface area contributed by atoms with Crippen molar-refractivity contribution in [2.75, 3.05) is 18.6 Å². The number of rotatable bonds is 5. The van der Waals surface area contributed by atoms with E-state index in [0.717, 1.165) is 12.8 Å². The van der Waals surface area contributed by atoms with Gasteiger partial charge in [0.1, 0.15) is 17.3 Å². The van der Waals surface area contributed by atoms with Crippen molar-refractivity contribution in [3.63, 3.8) is 0 Å². The van der Waals surface area contributed by atoms with Crippen molar-refractivity contribution in [2.24, 2.45) is 5.73 Å². The van der Waals surface area contributed by atoms with Gasteiger partial charge in [-0.1, -0.05) is 6.92 Å². The van der Waals surface area contributed by atoms with E-state index in [9.17, 15) is 8.78 Å². The van der Waals surface area contributed by atoms with Gasteiger partial charge in [0.05, 0.1) is 12.1 Å². The Morgan fingerprint density at radius 2 is 2.00 bits per heavy atom. The predicted molar refractivity (Wildman–Crippen MR) is 80.6 cm³/mol. The largest absolute Gasteiger partial charge is 0.376 e. The Hall–Kier alpha value is -1.20. The summed E-state index contributed by atoms with van der Waals surface area (Å²) in [5.41, 5.74) is 6.47. The average molecular weight is 298 g/mol. The fourth-order valence-corrected chi connectivity index (χ4v) is 2.91. The number of hydrogen-bond acceptors (Lipinski definition) is 3. The van der Waals surface area contributed by atoms with Gasteiger partial charge in [0.15, 0.2) is 0 Å². The van der Waals surface area contributed by atoms with Gasteiger partial charge in [-0.25, -0.2) is 8.78 Å². The van der Waals surface area contributed by atoms with Crippen LogP contribution in [0.1, 0.15) is 32.3 Å². The number of ether oxygens (including phenoxy) is 1. The Morgan fingerprint density at radius 1 is 1.38 bits per heavy atom. The lowest BCUT2D eigenvalue weighted by atomic mass is 10.0. The van der Waals surface area contributed by atoms with Crippen LogP contribution < -0.4 is 10.6 Å². The maximum absolute atomic E-state index is 14.3. The Balaban J connectivity index is 2.24. The van der Waals surface area contributed by atoms with Crippen LogP contribution in [-0.2, 0) is 11.2 Å². The van der Waals surface area contributed by atoms with Crippen molar-refractivity contribution in [1.82, 2.24) is 0 Å². The van der Waals surface area contributed by atoms with Gasteiger partial charge < -0.3 is 15.4 Å². The van der Waals surface area contributed by atoms with Gasteiger partial charge in [0.25, 0.3) is 0 Å². The lowest BCUT2D eigenvalue weighted by molar-refractivity contribution is 0.118. The van der Waals surface area contributed by atoms with E-state index < -0.39 is 11.6 Å². The second kappa shape index (κ2) is 6.71. The van der Waals surface area contributed by atoms with Crippen LogP contribution in [0.15, 0.2) is 12.1 Å². The minimum atomic E-state index is -0.532. The molecule has 1 aliphatic heterocycles. The molecule has 0 aromatic heterocycles. The topological polar surface area (TPSA) is 38.5 Å². The highest BCUT2D eigenvalue weighted by molar-refractivity contribution is 5.51. The zero-order chi connectivity index (χ0) is 15.6. The van der Waals surface area contributed by atoms with E-state index in [-0.39, 0.29) is 23.9 Å². The number of likely N-dealkylation sites (N-methyl/N-ethyl adjacent to an activating group) is 1. The van der Waals surface area contributed by atoms with Crippen molar-refractivity contribution in [1.29, 1.82) is 0 Å². The molecule has 1 heterocycles. The van der Waals surface area contributed by atoms with E-state index in [1.54, 1.807) is 11.9 Å². The zero-order valence-electron chi connectivity index (χ0n) is 12.9. The number of nitrogens with two attached hydrogens (primary N) is 1. The summed E-state index contributed by atoms with van der Waals surface area (Å²) in [5.74, 6) is -1.06. The van der Waals surface area contributed by atoms with Crippen molar-refractivity contribution < 1.29 is 13.5 Å². The highest BCUT2D eigenvalue weighted by Crippen LogP contribution is 2.30. The lowest BCUT2D eigenvalue weighted by Crippen LogP contribution is -2.37. The molecule has 1 aliphatic rings. The third-order valence-electron chi connectivity index (χ3n) is 4.29. The zero-order valence-corrected chi connectivity index (χ0v) is 12.9. The maximum Gasteiger partial charge on any atom is 0.149 e. The second-order valence-electron chi connectivity index (χ2n) is 5.82. The Labute approximate surface area is 125 Å².